The largest absolute Gasteiger partial charge is 0.453 e. The van der Waals surface area contributed by atoms with Crippen LogP contribution in [-0.4, -0.2) is 92.1 Å². The first-order valence-corrected chi connectivity index (χ1v) is 18.8. The smallest absolute Gasteiger partial charge is 0.407 e. The molecule has 4 heterocycles. The summed E-state index contributed by atoms with van der Waals surface area (Å²) in [6.45, 7) is 5.16. The van der Waals surface area contributed by atoms with E-state index in [0.717, 1.165) is 70.5 Å². The summed E-state index contributed by atoms with van der Waals surface area (Å²) in [5, 5.41) is 5.59. The Kier molecular flexibility index (Phi) is 9.32. The van der Waals surface area contributed by atoms with Crippen LogP contribution in [0, 0.1) is 11.8 Å². The van der Waals surface area contributed by atoms with Gasteiger partial charge in [0.1, 0.15) is 22.7 Å². The van der Waals surface area contributed by atoms with Gasteiger partial charge in [0, 0.05) is 24.2 Å². The number of hydrogen-bond donors (Lipinski definition) is 4. The Balaban J connectivity index is 0.939. The molecule has 8 rings (SSSR count). The number of alkyl carbamates (subject to hydrolysis) is 2. The summed E-state index contributed by atoms with van der Waals surface area (Å²) in [6, 6.07) is 13.2. The van der Waals surface area contributed by atoms with E-state index in [1.807, 2.05) is 47.4 Å². The maximum absolute atomic E-state index is 13.8. The predicted octanol–water partition coefficient (Wildman–Crippen LogP) is 5.40. The number of likely N-dealkylation sites (tertiary alicyclic amines) is 2. The van der Waals surface area contributed by atoms with Crippen molar-refractivity contribution in [3.05, 3.63) is 83.6 Å². The number of aromatic nitrogens is 4. The van der Waals surface area contributed by atoms with E-state index in [1.54, 1.807) is 11.1 Å². The standard InChI is InChI=1S/C41H44N8O6/c1-25-21-33(49(24-25)37(51)41(18-6-19-41)47-39(53)55-3)34-42-23-31(45-34)28-13-10-26(11-14-28)8-9-27-12-15-29-30(22-27)44-35(43-29)32-7-4-20-48(32)36(50)40(16-5-17-40)46-38(52)54-2/h10-15,22-23,32-33H,1,4-7,16-21,24H2,2-3H3,(H,42,45)(H,43,44)(H,46,52)(H,47,53)/t32-,33-/m0/s1. The number of fused-ring (bicyclic) bond motifs is 1. The van der Waals surface area contributed by atoms with Crippen molar-refractivity contribution in [2.75, 3.05) is 27.3 Å². The Labute approximate surface area is 318 Å². The van der Waals surface area contributed by atoms with Gasteiger partial charge in [-0.25, -0.2) is 19.6 Å². The fourth-order valence-corrected chi connectivity index (χ4v) is 8.23. The third kappa shape index (κ3) is 6.68. The molecular formula is C41H44N8O6. The van der Waals surface area contributed by atoms with Crippen LogP contribution >= 0.6 is 0 Å². The molecule has 2 aliphatic heterocycles. The topological polar surface area (TPSA) is 175 Å². The number of carbonyl (C=O) groups is 4. The van der Waals surface area contributed by atoms with Crippen molar-refractivity contribution >= 4 is 35.0 Å². The molecule has 2 saturated carbocycles. The highest BCUT2D eigenvalue weighted by Gasteiger charge is 2.52. The van der Waals surface area contributed by atoms with Crippen molar-refractivity contribution in [1.82, 2.24) is 40.4 Å². The zero-order chi connectivity index (χ0) is 38.3. The van der Waals surface area contributed by atoms with Gasteiger partial charge in [-0.2, -0.15) is 0 Å². The molecule has 0 radical (unpaired) electrons. The summed E-state index contributed by atoms with van der Waals surface area (Å²) in [4.78, 5) is 71.5. The van der Waals surface area contributed by atoms with E-state index >= 15 is 0 Å². The molecule has 0 bridgehead atoms. The molecule has 0 spiro atoms. The van der Waals surface area contributed by atoms with Gasteiger partial charge in [-0.3, -0.25) is 9.59 Å². The number of benzene rings is 2. The minimum Gasteiger partial charge on any atom is -0.453 e. The zero-order valence-corrected chi connectivity index (χ0v) is 31.0. The van der Waals surface area contributed by atoms with Gasteiger partial charge >= 0.3 is 12.2 Å². The van der Waals surface area contributed by atoms with E-state index in [4.69, 9.17) is 14.5 Å². The fourth-order valence-electron chi connectivity index (χ4n) is 8.23. The number of nitrogens with one attached hydrogen (secondary N) is 4. The molecule has 55 heavy (non-hydrogen) atoms. The number of aromatic amines is 2. The van der Waals surface area contributed by atoms with Crippen LogP contribution in [0.1, 0.15) is 92.6 Å². The molecule has 284 valence electrons. The summed E-state index contributed by atoms with van der Waals surface area (Å²) in [6.07, 6.45) is 6.85. The predicted molar refractivity (Wildman–Crippen MR) is 202 cm³/mol. The van der Waals surface area contributed by atoms with E-state index in [-0.39, 0.29) is 23.9 Å². The Hall–Kier alpha value is -6.10. The van der Waals surface area contributed by atoms with Crippen molar-refractivity contribution in [1.29, 1.82) is 0 Å². The van der Waals surface area contributed by atoms with Crippen molar-refractivity contribution in [2.24, 2.45) is 0 Å². The number of hydrogen-bond acceptors (Lipinski definition) is 8. The Morgan fingerprint density at radius 1 is 0.818 bits per heavy atom. The van der Waals surface area contributed by atoms with Crippen molar-refractivity contribution in [3.8, 4) is 23.1 Å². The maximum Gasteiger partial charge on any atom is 0.407 e. The second-order valence-electron chi connectivity index (χ2n) is 15.0. The minimum atomic E-state index is -0.958. The average Bonchev–Trinajstić information content (AvgIpc) is 3.99. The molecule has 14 nitrogen and oxygen atoms in total. The van der Waals surface area contributed by atoms with Gasteiger partial charge in [0.25, 0.3) is 0 Å². The van der Waals surface area contributed by atoms with E-state index in [0.29, 0.717) is 51.0 Å². The Morgan fingerprint density at radius 3 is 2.09 bits per heavy atom. The number of H-pyrrole nitrogens is 2. The lowest BCUT2D eigenvalue weighted by Crippen LogP contribution is -2.63. The number of rotatable bonds is 7. The number of imidazole rings is 2. The summed E-state index contributed by atoms with van der Waals surface area (Å²) in [5.74, 6) is 7.69. The van der Waals surface area contributed by atoms with Crippen LogP contribution < -0.4 is 10.6 Å². The number of nitrogens with zero attached hydrogens (tertiary/aromatic N) is 4. The lowest BCUT2D eigenvalue weighted by Gasteiger charge is -2.43. The highest BCUT2D eigenvalue weighted by atomic mass is 16.5. The molecule has 4 fully saturated rings. The van der Waals surface area contributed by atoms with Crippen LogP contribution in [0.4, 0.5) is 9.59 Å². The van der Waals surface area contributed by atoms with Crippen LogP contribution in [0.5, 0.6) is 0 Å². The van der Waals surface area contributed by atoms with Crippen LogP contribution in [0.3, 0.4) is 0 Å². The van der Waals surface area contributed by atoms with Crippen molar-refractivity contribution in [2.45, 2.75) is 80.9 Å². The molecule has 2 aliphatic carbocycles. The molecule has 4 N–H and O–H groups in total. The van der Waals surface area contributed by atoms with Crippen molar-refractivity contribution in [3.63, 3.8) is 0 Å². The van der Waals surface area contributed by atoms with Crippen molar-refractivity contribution < 1.29 is 28.7 Å². The fraction of sp³-hybridized carbons (Fsp3) is 0.415. The lowest BCUT2D eigenvalue weighted by molar-refractivity contribution is -0.143. The molecule has 2 atom stereocenters. The average molecular weight is 745 g/mol. The van der Waals surface area contributed by atoms with Crippen LogP contribution in [-0.2, 0) is 19.1 Å². The molecule has 2 saturated heterocycles. The number of methoxy groups -OCH3 is 2. The maximum atomic E-state index is 13.8. The van der Waals surface area contributed by atoms with Gasteiger partial charge in [0.05, 0.1) is 49.2 Å². The van der Waals surface area contributed by atoms with Gasteiger partial charge in [0.2, 0.25) is 11.8 Å². The third-order valence-electron chi connectivity index (χ3n) is 11.6. The van der Waals surface area contributed by atoms with Gasteiger partial charge in [-0.15, -0.1) is 0 Å². The highest BCUT2D eigenvalue weighted by molar-refractivity contribution is 5.92. The molecule has 2 aromatic heterocycles. The molecule has 2 aromatic carbocycles. The Bertz CT molecular complexity index is 2240. The van der Waals surface area contributed by atoms with E-state index in [2.05, 4.69) is 44.0 Å². The molecule has 4 amide bonds. The molecule has 4 aliphatic rings. The first kappa shape index (κ1) is 35.9. The lowest BCUT2D eigenvalue weighted by atomic mass is 9.75. The normalized spacial score (nSPS) is 20.9. The number of amides is 4. The Morgan fingerprint density at radius 2 is 1.45 bits per heavy atom. The van der Waals surface area contributed by atoms with Gasteiger partial charge < -0.3 is 39.9 Å². The number of ether oxygens (including phenoxy) is 2. The van der Waals surface area contributed by atoms with Gasteiger partial charge in [0.15, 0.2) is 0 Å². The zero-order valence-electron chi connectivity index (χ0n) is 31.0. The second kappa shape index (κ2) is 14.3. The van der Waals surface area contributed by atoms with Crippen LogP contribution in [0.15, 0.2) is 60.8 Å². The SMILES string of the molecule is C=C1C[C@@H](c2ncc(-c3ccc(C#Cc4ccc5nc([C@@H]6CCCN6C(=O)C6(NC(=O)OC)CCC6)[nH]c5c4)cc3)[nH]2)N(C(=O)C2(NC(=O)OC)CCC2)C1. The number of carbonyl (C=O) groups excluding carboxylic acids is 4. The van der Waals surface area contributed by atoms with E-state index < -0.39 is 23.3 Å². The summed E-state index contributed by atoms with van der Waals surface area (Å²) in [7, 11) is 2.60. The summed E-state index contributed by atoms with van der Waals surface area (Å²) < 4.78 is 9.60. The summed E-state index contributed by atoms with van der Waals surface area (Å²) in [5.41, 5.74) is 4.10. The van der Waals surface area contributed by atoms with E-state index in [1.165, 1.54) is 14.2 Å². The van der Waals surface area contributed by atoms with Crippen LogP contribution in [0.2, 0.25) is 0 Å². The first-order chi connectivity index (χ1) is 26.6. The molecule has 0 unspecified atom stereocenters. The highest BCUT2D eigenvalue weighted by Crippen LogP contribution is 2.42. The molecule has 4 aromatic rings. The van der Waals surface area contributed by atoms with Crippen LogP contribution in [0.25, 0.3) is 22.3 Å². The minimum absolute atomic E-state index is 0.0792. The van der Waals surface area contributed by atoms with E-state index in [9.17, 15) is 19.2 Å². The van der Waals surface area contributed by atoms with Gasteiger partial charge in [-0.1, -0.05) is 36.1 Å². The molecule has 14 heteroatoms. The first-order valence-electron chi connectivity index (χ1n) is 18.8. The monoisotopic (exact) mass is 744 g/mol. The molecular weight excluding hydrogens is 701 g/mol. The second-order valence-corrected chi connectivity index (χ2v) is 15.0. The van der Waals surface area contributed by atoms with Gasteiger partial charge in [-0.05, 0) is 93.7 Å². The summed E-state index contributed by atoms with van der Waals surface area (Å²) >= 11 is 0. The third-order valence-corrected chi connectivity index (χ3v) is 11.6. The quantitative estimate of drug-likeness (QED) is 0.144.